The Balaban J connectivity index is 2.93. The number of ether oxygens (including phenoxy) is 2. The summed E-state index contributed by atoms with van der Waals surface area (Å²) in [6.45, 7) is 10.8. The second kappa shape index (κ2) is 7.13. The van der Waals surface area contributed by atoms with Gasteiger partial charge in [0.05, 0.1) is 6.42 Å². The molecule has 0 amide bonds. The van der Waals surface area contributed by atoms with Crippen molar-refractivity contribution in [2.45, 2.75) is 65.2 Å². The van der Waals surface area contributed by atoms with E-state index in [1.54, 1.807) is 45.0 Å². The van der Waals surface area contributed by atoms with Crippen LogP contribution in [0.4, 0.5) is 0 Å². The van der Waals surface area contributed by atoms with E-state index >= 15 is 0 Å². The van der Waals surface area contributed by atoms with Gasteiger partial charge in [-0.25, -0.2) is 4.79 Å². The quantitative estimate of drug-likeness (QED) is 0.863. The number of carbonyl (C=O) groups excluding carboxylic acids is 2. The maximum Gasteiger partial charge on any atom is 0.328 e. The van der Waals surface area contributed by atoms with E-state index in [1.807, 2.05) is 20.8 Å². The number of hydrogen-bond donors (Lipinski definition) is 1. The highest BCUT2D eigenvalue weighted by Gasteiger charge is 2.26. The molecule has 5 nitrogen and oxygen atoms in total. The minimum Gasteiger partial charge on any atom is -0.460 e. The summed E-state index contributed by atoms with van der Waals surface area (Å²) in [6.07, 6.45) is 0.0595. The van der Waals surface area contributed by atoms with E-state index in [1.165, 1.54) is 0 Å². The van der Waals surface area contributed by atoms with Crippen LogP contribution in [-0.4, -0.2) is 23.1 Å². The lowest BCUT2D eigenvalue weighted by molar-refractivity contribution is -0.157. The van der Waals surface area contributed by atoms with Crippen LogP contribution in [0.3, 0.4) is 0 Å². The standard InChI is InChI=1S/C18H27NO4/c1-17(2,3)22-14(20)11-12-9-7-8-10-13(12)15(19)16(21)23-18(4,5)6/h7-10,15H,11,19H2,1-6H3. The van der Waals surface area contributed by atoms with Gasteiger partial charge in [-0.2, -0.15) is 0 Å². The molecule has 0 radical (unpaired) electrons. The minimum atomic E-state index is -0.937. The number of nitrogens with two attached hydrogens (primary N) is 1. The van der Waals surface area contributed by atoms with Crippen LogP contribution in [0, 0.1) is 0 Å². The van der Waals surface area contributed by atoms with Gasteiger partial charge in [0.25, 0.3) is 0 Å². The molecule has 1 rings (SSSR count). The maximum absolute atomic E-state index is 12.2. The Hall–Kier alpha value is -1.88. The monoisotopic (exact) mass is 321 g/mol. The van der Waals surface area contributed by atoms with Crippen molar-refractivity contribution in [3.8, 4) is 0 Å². The number of carbonyl (C=O) groups is 2. The Bertz CT molecular complexity index is 567. The van der Waals surface area contributed by atoms with Crippen molar-refractivity contribution in [3.05, 3.63) is 35.4 Å². The molecule has 0 aliphatic heterocycles. The zero-order valence-corrected chi connectivity index (χ0v) is 14.8. The first-order valence-corrected chi connectivity index (χ1v) is 7.67. The summed E-state index contributed by atoms with van der Waals surface area (Å²) in [5.41, 5.74) is 6.09. The van der Waals surface area contributed by atoms with Crippen molar-refractivity contribution < 1.29 is 19.1 Å². The molecule has 0 spiro atoms. The molecule has 0 bridgehead atoms. The molecule has 5 heteroatoms. The summed E-state index contributed by atoms with van der Waals surface area (Å²) in [5, 5.41) is 0. The topological polar surface area (TPSA) is 78.6 Å². The zero-order chi connectivity index (χ0) is 17.8. The molecule has 1 atom stereocenters. The van der Waals surface area contributed by atoms with Crippen molar-refractivity contribution >= 4 is 11.9 Å². The van der Waals surface area contributed by atoms with Crippen LogP contribution in [0.2, 0.25) is 0 Å². The molecule has 2 N–H and O–H groups in total. The van der Waals surface area contributed by atoms with Crippen molar-refractivity contribution in [3.63, 3.8) is 0 Å². The largest absolute Gasteiger partial charge is 0.460 e. The van der Waals surface area contributed by atoms with Crippen molar-refractivity contribution in [1.82, 2.24) is 0 Å². The maximum atomic E-state index is 12.2. The number of benzene rings is 1. The van der Waals surface area contributed by atoms with Gasteiger partial charge in [-0.15, -0.1) is 0 Å². The fourth-order valence-electron chi connectivity index (χ4n) is 2.02. The van der Waals surface area contributed by atoms with E-state index in [0.717, 1.165) is 0 Å². The van der Waals surface area contributed by atoms with E-state index in [-0.39, 0.29) is 12.4 Å². The molecule has 0 saturated heterocycles. The molecule has 0 saturated carbocycles. The van der Waals surface area contributed by atoms with Crippen molar-refractivity contribution in [2.75, 3.05) is 0 Å². The molecule has 0 aromatic heterocycles. The third-order valence-corrected chi connectivity index (χ3v) is 2.81. The van der Waals surface area contributed by atoms with Crippen LogP contribution in [-0.2, 0) is 25.5 Å². The van der Waals surface area contributed by atoms with Crippen LogP contribution in [0.15, 0.2) is 24.3 Å². The Kier molecular flexibility index (Phi) is 5.94. The average Bonchev–Trinajstić information content (AvgIpc) is 2.34. The van der Waals surface area contributed by atoms with Gasteiger partial charge in [0, 0.05) is 0 Å². The predicted molar refractivity (Wildman–Crippen MR) is 88.8 cm³/mol. The van der Waals surface area contributed by atoms with Gasteiger partial charge < -0.3 is 15.2 Å². The molecule has 0 fully saturated rings. The highest BCUT2D eigenvalue weighted by molar-refractivity contribution is 5.80. The van der Waals surface area contributed by atoms with Crippen molar-refractivity contribution in [1.29, 1.82) is 0 Å². The van der Waals surface area contributed by atoms with Gasteiger partial charge in [0.2, 0.25) is 0 Å². The van der Waals surface area contributed by atoms with Crippen LogP contribution in [0.1, 0.15) is 58.7 Å². The minimum absolute atomic E-state index is 0.0595. The Morgan fingerprint density at radius 1 is 1.00 bits per heavy atom. The van der Waals surface area contributed by atoms with E-state index in [9.17, 15) is 9.59 Å². The molecule has 0 aliphatic rings. The lowest BCUT2D eigenvalue weighted by Crippen LogP contribution is -2.32. The second-order valence-corrected chi connectivity index (χ2v) is 7.47. The molecule has 0 heterocycles. The summed E-state index contributed by atoms with van der Waals surface area (Å²) >= 11 is 0. The average molecular weight is 321 g/mol. The summed E-state index contributed by atoms with van der Waals surface area (Å²) in [5.74, 6) is -0.879. The van der Waals surface area contributed by atoms with Crippen molar-refractivity contribution in [2.24, 2.45) is 5.73 Å². The van der Waals surface area contributed by atoms with Gasteiger partial charge >= 0.3 is 11.9 Å². The summed E-state index contributed by atoms with van der Waals surface area (Å²) in [7, 11) is 0. The zero-order valence-electron chi connectivity index (χ0n) is 14.8. The highest BCUT2D eigenvalue weighted by atomic mass is 16.6. The molecule has 1 unspecified atom stereocenters. The van der Waals surface area contributed by atoms with Crippen LogP contribution < -0.4 is 5.73 Å². The third kappa shape index (κ3) is 6.82. The van der Waals surface area contributed by atoms with Gasteiger partial charge in [-0.05, 0) is 52.7 Å². The molecular formula is C18H27NO4. The number of esters is 2. The SMILES string of the molecule is CC(C)(C)OC(=O)Cc1ccccc1C(N)C(=O)OC(C)(C)C. The van der Waals surface area contributed by atoms with Gasteiger partial charge in [0.1, 0.15) is 17.2 Å². The van der Waals surface area contributed by atoms with E-state index in [4.69, 9.17) is 15.2 Å². The highest BCUT2D eigenvalue weighted by Crippen LogP contribution is 2.21. The third-order valence-electron chi connectivity index (χ3n) is 2.81. The first kappa shape index (κ1) is 19.2. The van der Waals surface area contributed by atoms with Gasteiger partial charge in [-0.3, -0.25) is 4.79 Å². The first-order chi connectivity index (χ1) is 10.4. The number of hydrogen-bond acceptors (Lipinski definition) is 5. The van der Waals surface area contributed by atoms with E-state index in [0.29, 0.717) is 11.1 Å². The Morgan fingerprint density at radius 3 is 2.04 bits per heavy atom. The molecule has 1 aromatic carbocycles. The summed E-state index contributed by atoms with van der Waals surface area (Å²) < 4.78 is 10.6. The molecule has 1 aromatic rings. The first-order valence-electron chi connectivity index (χ1n) is 7.67. The van der Waals surface area contributed by atoms with Gasteiger partial charge in [-0.1, -0.05) is 24.3 Å². The Labute approximate surface area is 138 Å². The Morgan fingerprint density at radius 2 is 1.52 bits per heavy atom. The fraction of sp³-hybridized carbons (Fsp3) is 0.556. The summed E-state index contributed by atoms with van der Waals surface area (Å²) in [6, 6.07) is 6.13. The number of rotatable bonds is 4. The van der Waals surface area contributed by atoms with Crippen LogP contribution >= 0.6 is 0 Å². The lowest BCUT2D eigenvalue weighted by Gasteiger charge is -2.24. The lowest BCUT2D eigenvalue weighted by atomic mass is 9.98. The van der Waals surface area contributed by atoms with Crippen LogP contribution in [0.25, 0.3) is 0 Å². The molecule has 23 heavy (non-hydrogen) atoms. The van der Waals surface area contributed by atoms with E-state index < -0.39 is 23.2 Å². The normalized spacial score (nSPS) is 13.3. The fourth-order valence-corrected chi connectivity index (χ4v) is 2.02. The molecule has 0 aliphatic carbocycles. The smallest absolute Gasteiger partial charge is 0.328 e. The predicted octanol–water partition coefficient (Wildman–Crippen LogP) is 2.91. The van der Waals surface area contributed by atoms with E-state index in [2.05, 4.69) is 0 Å². The van der Waals surface area contributed by atoms with Gasteiger partial charge in [0.15, 0.2) is 0 Å². The second-order valence-electron chi connectivity index (χ2n) is 7.47. The molecular weight excluding hydrogens is 294 g/mol. The van der Waals surface area contributed by atoms with Crippen LogP contribution in [0.5, 0.6) is 0 Å². The summed E-state index contributed by atoms with van der Waals surface area (Å²) in [4.78, 5) is 24.2. The molecule has 128 valence electrons.